The van der Waals surface area contributed by atoms with Gasteiger partial charge in [0.25, 0.3) is 11.7 Å². The van der Waals surface area contributed by atoms with Crippen LogP contribution in [0.5, 0.6) is 17.2 Å². The van der Waals surface area contributed by atoms with Gasteiger partial charge in [-0.1, -0.05) is 30.3 Å². The summed E-state index contributed by atoms with van der Waals surface area (Å²) in [6.07, 6.45) is 0.680. The zero-order chi connectivity index (χ0) is 25.7. The van der Waals surface area contributed by atoms with Crippen LogP contribution >= 0.6 is 0 Å². The van der Waals surface area contributed by atoms with Gasteiger partial charge in [-0.3, -0.25) is 9.59 Å². The number of methoxy groups -OCH3 is 1. The minimum atomic E-state index is -0.742. The number of rotatable bonds is 9. The molecule has 1 heterocycles. The Hall–Kier alpha value is -4.10. The summed E-state index contributed by atoms with van der Waals surface area (Å²) in [4.78, 5) is 30.0. The number of hydrogen-bond acceptors (Lipinski definition) is 6. The van der Waals surface area contributed by atoms with E-state index in [1.807, 2.05) is 73.6 Å². The molecule has 1 fully saturated rings. The van der Waals surface area contributed by atoms with E-state index in [9.17, 15) is 14.7 Å². The average Bonchev–Trinajstić information content (AvgIpc) is 3.14. The third kappa shape index (κ3) is 5.42. The summed E-state index contributed by atoms with van der Waals surface area (Å²) in [7, 11) is 5.47. The number of likely N-dealkylation sites (tertiary alicyclic amines) is 1. The number of carbonyl (C=O) groups is 2. The van der Waals surface area contributed by atoms with Crippen molar-refractivity contribution in [3.8, 4) is 17.2 Å². The number of para-hydroxylation sites is 1. The average molecular weight is 487 g/mol. The number of amides is 1. The predicted octanol–water partition coefficient (Wildman–Crippen LogP) is 4.86. The van der Waals surface area contributed by atoms with Crippen LogP contribution in [0.3, 0.4) is 0 Å². The first-order valence-corrected chi connectivity index (χ1v) is 11.8. The van der Waals surface area contributed by atoms with Crippen molar-refractivity contribution < 1.29 is 24.2 Å². The van der Waals surface area contributed by atoms with Crippen LogP contribution in [0.1, 0.15) is 23.6 Å². The molecule has 3 aromatic carbocycles. The van der Waals surface area contributed by atoms with E-state index in [0.29, 0.717) is 41.3 Å². The lowest BCUT2D eigenvalue weighted by Crippen LogP contribution is -2.32. The Kier molecular flexibility index (Phi) is 7.71. The molecule has 0 radical (unpaired) electrons. The van der Waals surface area contributed by atoms with Crippen LogP contribution in [0.4, 0.5) is 0 Å². The fourth-order valence-electron chi connectivity index (χ4n) is 4.29. The van der Waals surface area contributed by atoms with Gasteiger partial charge in [-0.2, -0.15) is 0 Å². The summed E-state index contributed by atoms with van der Waals surface area (Å²) in [5.41, 5.74) is 1.18. The Morgan fingerprint density at radius 3 is 2.28 bits per heavy atom. The molecule has 1 aliphatic heterocycles. The molecule has 1 N–H and O–H groups in total. The van der Waals surface area contributed by atoms with Crippen molar-refractivity contribution in [2.45, 2.75) is 12.5 Å². The molecule has 1 saturated heterocycles. The number of hydrogen-bond donors (Lipinski definition) is 1. The number of carbonyl (C=O) groups excluding carboxylic acids is 2. The van der Waals surface area contributed by atoms with Crippen molar-refractivity contribution >= 4 is 17.4 Å². The van der Waals surface area contributed by atoms with E-state index in [-0.39, 0.29) is 11.3 Å². The molecule has 186 valence electrons. The Balaban J connectivity index is 1.76. The highest BCUT2D eigenvalue weighted by molar-refractivity contribution is 6.46. The highest BCUT2D eigenvalue weighted by atomic mass is 16.5. The molecule has 36 heavy (non-hydrogen) atoms. The summed E-state index contributed by atoms with van der Waals surface area (Å²) in [6, 6.07) is 22.7. The zero-order valence-corrected chi connectivity index (χ0v) is 20.7. The van der Waals surface area contributed by atoms with Gasteiger partial charge >= 0.3 is 0 Å². The summed E-state index contributed by atoms with van der Waals surface area (Å²) in [6.45, 7) is 1.13. The summed E-state index contributed by atoms with van der Waals surface area (Å²) >= 11 is 0. The largest absolute Gasteiger partial charge is 0.507 e. The second-order valence-corrected chi connectivity index (χ2v) is 8.87. The number of ether oxygens (including phenoxy) is 2. The van der Waals surface area contributed by atoms with E-state index < -0.39 is 17.7 Å². The minimum absolute atomic E-state index is 0.0619. The van der Waals surface area contributed by atoms with E-state index in [2.05, 4.69) is 0 Å². The predicted molar refractivity (Wildman–Crippen MR) is 138 cm³/mol. The molecule has 7 heteroatoms. The van der Waals surface area contributed by atoms with Gasteiger partial charge in [0.1, 0.15) is 23.0 Å². The maximum Gasteiger partial charge on any atom is 0.295 e. The number of Topliss-reactive ketones (excluding diaryl/α,β-unsaturated/α-hetero) is 1. The van der Waals surface area contributed by atoms with Crippen LogP contribution in [-0.2, 0) is 9.59 Å². The smallest absolute Gasteiger partial charge is 0.295 e. The number of aliphatic hydroxyl groups is 1. The molecule has 1 atom stereocenters. The SMILES string of the molecule is COc1ccc(C(O)=C2C(=O)C(=O)N(CCCN(C)C)C2c2cccc(Oc3ccccc3)c2)cc1. The molecule has 0 bridgehead atoms. The van der Waals surface area contributed by atoms with Gasteiger partial charge in [-0.15, -0.1) is 0 Å². The van der Waals surface area contributed by atoms with Crippen molar-refractivity contribution in [1.29, 1.82) is 0 Å². The monoisotopic (exact) mass is 486 g/mol. The van der Waals surface area contributed by atoms with E-state index >= 15 is 0 Å². The van der Waals surface area contributed by atoms with E-state index in [1.165, 1.54) is 0 Å². The molecule has 1 aliphatic rings. The Labute approximate surface area is 211 Å². The molecular weight excluding hydrogens is 456 g/mol. The topological polar surface area (TPSA) is 79.3 Å². The number of ketones is 1. The lowest BCUT2D eigenvalue weighted by molar-refractivity contribution is -0.139. The molecule has 4 rings (SSSR count). The zero-order valence-electron chi connectivity index (χ0n) is 20.7. The van der Waals surface area contributed by atoms with Crippen molar-refractivity contribution in [2.24, 2.45) is 0 Å². The summed E-state index contributed by atoms with van der Waals surface area (Å²) < 4.78 is 11.2. The second-order valence-electron chi connectivity index (χ2n) is 8.87. The quantitative estimate of drug-likeness (QED) is 0.264. The fraction of sp³-hybridized carbons (Fsp3) is 0.241. The van der Waals surface area contributed by atoms with Crippen LogP contribution in [0.2, 0.25) is 0 Å². The second kappa shape index (κ2) is 11.1. The van der Waals surface area contributed by atoms with Crippen LogP contribution in [0.25, 0.3) is 5.76 Å². The van der Waals surface area contributed by atoms with Crippen molar-refractivity contribution in [1.82, 2.24) is 9.80 Å². The standard InChI is InChI=1S/C29H30N2O5/c1-30(2)17-8-18-31-26(21-9-7-12-24(19-21)36-23-10-5-4-6-11-23)25(28(33)29(31)34)27(32)20-13-15-22(35-3)16-14-20/h4-7,9-16,19,26,32H,8,17-18H2,1-3H3. The maximum atomic E-state index is 13.2. The molecule has 0 aliphatic carbocycles. The van der Waals surface area contributed by atoms with Crippen LogP contribution in [0.15, 0.2) is 84.4 Å². The first kappa shape index (κ1) is 25.0. The van der Waals surface area contributed by atoms with Crippen molar-refractivity contribution in [3.05, 3.63) is 95.6 Å². The molecule has 0 saturated carbocycles. The third-order valence-electron chi connectivity index (χ3n) is 6.06. The highest BCUT2D eigenvalue weighted by Crippen LogP contribution is 2.40. The van der Waals surface area contributed by atoms with Gasteiger partial charge in [0.05, 0.1) is 18.7 Å². The maximum absolute atomic E-state index is 13.2. The Morgan fingerprint density at radius 1 is 0.917 bits per heavy atom. The molecule has 1 amide bonds. The first-order valence-electron chi connectivity index (χ1n) is 11.8. The lowest BCUT2D eigenvalue weighted by Gasteiger charge is -2.26. The molecule has 1 unspecified atom stereocenters. The Morgan fingerprint density at radius 2 is 1.61 bits per heavy atom. The van der Waals surface area contributed by atoms with Gasteiger partial charge in [0.2, 0.25) is 0 Å². The van der Waals surface area contributed by atoms with Gasteiger partial charge in [-0.05, 0) is 81.2 Å². The van der Waals surface area contributed by atoms with Gasteiger partial charge in [0, 0.05) is 12.1 Å². The summed E-state index contributed by atoms with van der Waals surface area (Å²) in [5, 5.41) is 11.2. The normalized spacial score (nSPS) is 17.0. The number of aliphatic hydroxyl groups excluding tert-OH is 1. The van der Waals surface area contributed by atoms with Crippen molar-refractivity contribution in [3.63, 3.8) is 0 Å². The number of benzene rings is 3. The van der Waals surface area contributed by atoms with Gasteiger partial charge in [-0.25, -0.2) is 0 Å². The third-order valence-corrected chi connectivity index (χ3v) is 6.06. The lowest BCUT2D eigenvalue weighted by atomic mass is 9.95. The van der Waals surface area contributed by atoms with Crippen LogP contribution in [-0.4, -0.2) is 60.9 Å². The van der Waals surface area contributed by atoms with E-state index in [0.717, 1.165) is 6.54 Å². The summed E-state index contributed by atoms with van der Waals surface area (Å²) in [5.74, 6) is 0.328. The van der Waals surface area contributed by atoms with Crippen molar-refractivity contribution in [2.75, 3.05) is 34.3 Å². The molecule has 3 aromatic rings. The first-order chi connectivity index (χ1) is 17.4. The highest BCUT2D eigenvalue weighted by Gasteiger charge is 2.45. The van der Waals surface area contributed by atoms with Gasteiger partial charge < -0.3 is 24.4 Å². The number of nitrogens with zero attached hydrogens (tertiary/aromatic N) is 2. The van der Waals surface area contributed by atoms with E-state index in [1.54, 1.807) is 36.3 Å². The molecule has 7 nitrogen and oxygen atoms in total. The minimum Gasteiger partial charge on any atom is -0.507 e. The Bertz CT molecular complexity index is 1250. The van der Waals surface area contributed by atoms with E-state index in [4.69, 9.17) is 9.47 Å². The molecular formula is C29H30N2O5. The fourth-order valence-corrected chi connectivity index (χ4v) is 4.29. The van der Waals surface area contributed by atoms with Crippen LogP contribution < -0.4 is 9.47 Å². The molecule has 0 aromatic heterocycles. The molecule has 0 spiro atoms. The van der Waals surface area contributed by atoms with Crippen LogP contribution in [0, 0.1) is 0 Å². The van der Waals surface area contributed by atoms with Gasteiger partial charge in [0.15, 0.2) is 0 Å².